The summed E-state index contributed by atoms with van der Waals surface area (Å²) < 4.78 is 5.44. The van der Waals surface area contributed by atoms with Crippen molar-refractivity contribution < 1.29 is 14.6 Å². The first kappa shape index (κ1) is 12.5. The summed E-state index contributed by atoms with van der Waals surface area (Å²) in [4.78, 5) is 14.6. The van der Waals surface area contributed by atoms with Crippen molar-refractivity contribution in [3.63, 3.8) is 0 Å². The molecule has 1 unspecified atom stereocenters. The third kappa shape index (κ3) is 3.88. The zero-order chi connectivity index (χ0) is 12.0. The number of ether oxygens (including phenoxy) is 1. The molecule has 0 saturated heterocycles. The van der Waals surface area contributed by atoms with E-state index < -0.39 is 5.97 Å². The van der Waals surface area contributed by atoms with Gasteiger partial charge in [-0.1, -0.05) is 13.8 Å². The summed E-state index contributed by atoms with van der Waals surface area (Å²) in [5, 5.41) is 8.70. The molecule has 0 spiro atoms. The van der Waals surface area contributed by atoms with E-state index in [4.69, 9.17) is 9.84 Å². The maximum absolute atomic E-state index is 10.6. The number of hydrogen-bond acceptors (Lipinski definition) is 3. The maximum Gasteiger partial charge on any atom is 0.303 e. The summed E-state index contributed by atoms with van der Waals surface area (Å²) in [5.41, 5.74) is 0.899. The van der Waals surface area contributed by atoms with Crippen LogP contribution in [0.3, 0.4) is 0 Å². The van der Waals surface area contributed by atoms with Crippen LogP contribution < -0.4 is 4.74 Å². The van der Waals surface area contributed by atoms with E-state index >= 15 is 0 Å². The first-order valence-electron chi connectivity index (χ1n) is 5.43. The molecule has 0 fully saturated rings. The highest BCUT2D eigenvalue weighted by Crippen LogP contribution is 2.21. The van der Waals surface area contributed by atoms with Crippen molar-refractivity contribution in [2.75, 3.05) is 6.61 Å². The predicted molar refractivity (Wildman–Crippen MR) is 60.7 cm³/mol. The first-order chi connectivity index (χ1) is 7.63. The van der Waals surface area contributed by atoms with Crippen LogP contribution in [0.25, 0.3) is 0 Å². The highest BCUT2D eigenvalue weighted by Gasteiger charge is 2.11. The summed E-state index contributed by atoms with van der Waals surface area (Å²) in [5.74, 6) is -0.140. The minimum absolute atomic E-state index is 0.0461. The van der Waals surface area contributed by atoms with E-state index in [9.17, 15) is 4.79 Å². The van der Waals surface area contributed by atoms with Gasteiger partial charge in [-0.3, -0.25) is 9.78 Å². The molecular weight excluding hydrogens is 206 g/mol. The van der Waals surface area contributed by atoms with Gasteiger partial charge in [-0.2, -0.15) is 0 Å². The monoisotopic (exact) mass is 223 g/mol. The standard InChI is InChI=1S/C12H17NO3/c1-3-4-16-11-6-10(7-13-8-11)9(2)5-12(14)15/h6-9H,3-5H2,1-2H3,(H,14,15). The van der Waals surface area contributed by atoms with E-state index in [0.717, 1.165) is 12.0 Å². The smallest absolute Gasteiger partial charge is 0.303 e. The average molecular weight is 223 g/mol. The van der Waals surface area contributed by atoms with Gasteiger partial charge in [0, 0.05) is 6.20 Å². The SMILES string of the molecule is CCCOc1cncc(C(C)CC(=O)O)c1. The van der Waals surface area contributed by atoms with Gasteiger partial charge < -0.3 is 9.84 Å². The van der Waals surface area contributed by atoms with E-state index in [2.05, 4.69) is 4.98 Å². The second-order valence-electron chi connectivity index (χ2n) is 3.80. The minimum Gasteiger partial charge on any atom is -0.492 e. The van der Waals surface area contributed by atoms with Crippen LogP contribution in [-0.4, -0.2) is 22.7 Å². The van der Waals surface area contributed by atoms with E-state index in [0.29, 0.717) is 12.4 Å². The molecule has 0 saturated carbocycles. The van der Waals surface area contributed by atoms with Crippen molar-refractivity contribution in [2.24, 2.45) is 0 Å². The van der Waals surface area contributed by atoms with Crippen LogP contribution in [0.2, 0.25) is 0 Å². The number of carboxylic acid groups (broad SMARTS) is 1. The number of carbonyl (C=O) groups is 1. The number of carboxylic acids is 1. The van der Waals surface area contributed by atoms with E-state index in [1.54, 1.807) is 12.4 Å². The molecule has 1 rings (SSSR count). The van der Waals surface area contributed by atoms with Crippen LogP contribution in [0.5, 0.6) is 5.75 Å². The topological polar surface area (TPSA) is 59.4 Å². The van der Waals surface area contributed by atoms with Crippen molar-refractivity contribution in [1.82, 2.24) is 4.98 Å². The maximum atomic E-state index is 10.6. The van der Waals surface area contributed by atoms with E-state index in [-0.39, 0.29) is 12.3 Å². The molecule has 0 radical (unpaired) electrons. The Labute approximate surface area is 95.3 Å². The number of hydrogen-bond donors (Lipinski definition) is 1. The van der Waals surface area contributed by atoms with Gasteiger partial charge in [0.05, 0.1) is 19.2 Å². The van der Waals surface area contributed by atoms with Crippen molar-refractivity contribution in [3.05, 3.63) is 24.0 Å². The largest absolute Gasteiger partial charge is 0.492 e. The Balaban J connectivity index is 2.69. The Bertz CT molecular complexity index is 352. The van der Waals surface area contributed by atoms with Crippen LogP contribution in [0.4, 0.5) is 0 Å². The molecule has 0 amide bonds. The van der Waals surface area contributed by atoms with Crippen LogP contribution in [0.15, 0.2) is 18.5 Å². The van der Waals surface area contributed by atoms with Crippen LogP contribution in [0.1, 0.15) is 38.2 Å². The van der Waals surface area contributed by atoms with Gasteiger partial charge in [0.15, 0.2) is 0 Å². The fraction of sp³-hybridized carbons (Fsp3) is 0.500. The van der Waals surface area contributed by atoms with E-state index in [1.807, 2.05) is 19.9 Å². The fourth-order valence-corrected chi connectivity index (χ4v) is 1.38. The van der Waals surface area contributed by atoms with Crippen molar-refractivity contribution in [1.29, 1.82) is 0 Å². The molecule has 0 aliphatic rings. The second-order valence-corrected chi connectivity index (χ2v) is 3.80. The van der Waals surface area contributed by atoms with Crippen LogP contribution in [-0.2, 0) is 4.79 Å². The summed E-state index contributed by atoms with van der Waals surface area (Å²) in [6, 6.07) is 1.86. The number of pyridine rings is 1. The number of rotatable bonds is 6. The predicted octanol–water partition coefficient (Wildman–Crippen LogP) is 2.45. The summed E-state index contributed by atoms with van der Waals surface area (Å²) in [6.45, 7) is 4.55. The third-order valence-electron chi connectivity index (χ3n) is 2.26. The molecule has 0 bridgehead atoms. The zero-order valence-electron chi connectivity index (χ0n) is 9.64. The van der Waals surface area contributed by atoms with Crippen LogP contribution in [0, 0.1) is 0 Å². The normalized spacial score (nSPS) is 12.1. The molecule has 1 aromatic rings. The third-order valence-corrected chi connectivity index (χ3v) is 2.26. The van der Waals surface area contributed by atoms with Gasteiger partial charge in [0.1, 0.15) is 5.75 Å². The number of aromatic nitrogens is 1. The lowest BCUT2D eigenvalue weighted by Gasteiger charge is -2.10. The quantitative estimate of drug-likeness (QED) is 0.804. The van der Waals surface area contributed by atoms with Crippen molar-refractivity contribution in [2.45, 2.75) is 32.6 Å². The molecule has 1 aromatic heterocycles. The van der Waals surface area contributed by atoms with Gasteiger partial charge in [0.2, 0.25) is 0 Å². The van der Waals surface area contributed by atoms with Gasteiger partial charge in [0.25, 0.3) is 0 Å². The Morgan fingerprint density at radius 1 is 1.56 bits per heavy atom. The summed E-state index contributed by atoms with van der Waals surface area (Å²) in [7, 11) is 0. The van der Waals surface area contributed by atoms with Crippen molar-refractivity contribution in [3.8, 4) is 5.75 Å². The second kappa shape index (κ2) is 6.10. The Kier molecular flexibility index (Phi) is 4.76. The molecule has 0 aromatic carbocycles. The fourth-order valence-electron chi connectivity index (χ4n) is 1.38. The lowest BCUT2D eigenvalue weighted by atomic mass is 10.00. The summed E-state index contributed by atoms with van der Waals surface area (Å²) >= 11 is 0. The first-order valence-corrected chi connectivity index (χ1v) is 5.43. The molecule has 4 nitrogen and oxygen atoms in total. The van der Waals surface area contributed by atoms with Crippen LogP contribution >= 0.6 is 0 Å². The van der Waals surface area contributed by atoms with Gasteiger partial charge in [-0.15, -0.1) is 0 Å². The zero-order valence-corrected chi connectivity index (χ0v) is 9.64. The Hall–Kier alpha value is -1.58. The van der Waals surface area contributed by atoms with Gasteiger partial charge in [-0.25, -0.2) is 0 Å². The highest BCUT2D eigenvalue weighted by atomic mass is 16.5. The van der Waals surface area contributed by atoms with E-state index in [1.165, 1.54) is 0 Å². The molecule has 0 aliphatic heterocycles. The Morgan fingerprint density at radius 2 is 2.31 bits per heavy atom. The lowest BCUT2D eigenvalue weighted by molar-refractivity contribution is -0.137. The number of aliphatic carboxylic acids is 1. The van der Waals surface area contributed by atoms with Gasteiger partial charge >= 0.3 is 5.97 Å². The molecule has 1 N–H and O–H groups in total. The molecule has 1 atom stereocenters. The lowest BCUT2D eigenvalue weighted by Crippen LogP contribution is -2.04. The minimum atomic E-state index is -0.799. The molecular formula is C12H17NO3. The molecule has 1 heterocycles. The van der Waals surface area contributed by atoms with Crippen molar-refractivity contribution >= 4 is 5.97 Å². The highest BCUT2D eigenvalue weighted by molar-refractivity contribution is 5.67. The molecule has 88 valence electrons. The van der Waals surface area contributed by atoms with Gasteiger partial charge in [-0.05, 0) is 24.0 Å². The molecule has 16 heavy (non-hydrogen) atoms. The average Bonchev–Trinajstić information content (AvgIpc) is 2.26. The number of nitrogens with zero attached hydrogens (tertiary/aromatic N) is 1. The molecule has 4 heteroatoms. The summed E-state index contributed by atoms with van der Waals surface area (Å²) in [6.07, 6.45) is 4.38. The molecule has 0 aliphatic carbocycles. The Morgan fingerprint density at radius 3 is 2.94 bits per heavy atom.